The van der Waals surface area contributed by atoms with Crippen LogP contribution in [0.15, 0.2) is 0 Å². The zero-order valence-electron chi connectivity index (χ0n) is 8.08. The third-order valence-corrected chi connectivity index (χ3v) is 2.36. The summed E-state index contributed by atoms with van der Waals surface area (Å²) in [6.45, 7) is 3.60. The molecule has 4 heteroatoms. The first kappa shape index (κ1) is 10.5. The van der Waals surface area contributed by atoms with Crippen molar-refractivity contribution in [2.75, 3.05) is 13.2 Å². The van der Waals surface area contributed by atoms with Gasteiger partial charge in [0.1, 0.15) is 0 Å². The van der Waals surface area contributed by atoms with Gasteiger partial charge in [0.25, 0.3) is 0 Å². The lowest BCUT2D eigenvalue weighted by atomic mass is 10.1. The van der Waals surface area contributed by atoms with Crippen LogP contribution in [0.5, 0.6) is 0 Å². The second-order valence-corrected chi connectivity index (χ2v) is 3.51. The van der Waals surface area contributed by atoms with Crippen LogP contribution in [0.4, 0.5) is 0 Å². The average Bonchev–Trinajstić information content (AvgIpc) is 2.55. The third-order valence-electron chi connectivity index (χ3n) is 2.36. The zero-order chi connectivity index (χ0) is 9.68. The molecule has 4 nitrogen and oxygen atoms in total. The fraction of sp³-hybridized carbons (Fsp3) is 0.889. The molecule has 2 unspecified atom stereocenters. The fourth-order valence-electron chi connectivity index (χ4n) is 1.55. The maximum absolute atomic E-state index is 10.5. The Morgan fingerprint density at radius 1 is 1.77 bits per heavy atom. The summed E-state index contributed by atoms with van der Waals surface area (Å²) in [5.74, 6) is -0.257. The number of primary amides is 1. The minimum Gasteiger partial charge on any atom is -0.377 e. The van der Waals surface area contributed by atoms with Gasteiger partial charge in [-0.1, -0.05) is 0 Å². The number of carbonyl (C=O) groups excluding carboxylic acids is 1. The highest BCUT2D eigenvalue weighted by molar-refractivity contribution is 5.73. The maximum Gasteiger partial charge on any atom is 0.218 e. The van der Waals surface area contributed by atoms with Gasteiger partial charge in [-0.3, -0.25) is 4.79 Å². The number of ether oxygens (including phenoxy) is 1. The minimum atomic E-state index is -0.257. The lowest BCUT2D eigenvalue weighted by Gasteiger charge is -2.19. The third kappa shape index (κ3) is 3.74. The number of hydrogen-bond donors (Lipinski definition) is 2. The van der Waals surface area contributed by atoms with E-state index in [2.05, 4.69) is 12.2 Å². The van der Waals surface area contributed by atoms with Gasteiger partial charge in [-0.15, -0.1) is 0 Å². The van der Waals surface area contributed by atoms with E-state index in [4.69, 9.17) is 10.5 Å². The smallest absolute Gasteiger partial charge is 0.218 e. The summed E-state index contributed by atoms with van der Waals surface area (Å²) in [6.07, 6.45) is 2.97. The standard InChI is InChI=1S/C9H18N2O2/c1-7(8-3-2-6-13-8)11-5-4-9(10)12/h7-8,11H,2-6H2,1H3,(H2,10,12). The first-order chi connectivity index (χ1) is 6.20. The number of nitrogens with one attached hydrogen (secondary N) is 1. The van der Waals surface area contributed by atoms with Crippen molar-refractivity contribution in [2.45, 2.75) is 38.3 Å². The highest BCUT2D eigenvalue weighted by Gasteiger charge is 2.21. The van der Waals surface area contributed by atoms with Gasteiger partial charge in [0.15, 0.2) is 0 Å². The summed E-state index contributed by atoms with van der Waals surface area (Å²) in [6, 6.07) is 0.321. The molecule has 1 aliphatic heterocycles. The van der Waals surface area contributed by atoms with Gasteiger partial charge >= 0.3 is 0 Å². The summed E-state index contributed by atoms with van der Waals surface area (Å²) < 4.78 is 5.49. The van der Waals surface area contributed by atoms with Crippen molar-refractivity contribution >= 4 is 5.91 Å². The predicted molar refractivity (Wildman–Crippen MR) is 50.3 cm³/mol. The normalized spacial score (nSPS) is 24.5. The van der Waals surface area contributed by atoms with E-state index in [1.807, 2.05) is 0 Å². The lowest BCUT2D eigenvalue weighted by molar-refractivity contribution is -0.117. The van der Waals surface area contributed by atoms with Crippen LogP contribution in [0.1, 0.15) is 26.2 Å². The zero-order valence-corrected chi connectivity index (χ0v) is 8.08. The van der Waals surface area contributed by atoms with E-state index in [0.29, 0.717) is 25.1 Å². The van der Waals surface area contributed by atoms with E-state index < -0.39 is 0 Å². The van der Waals surface area contributed by atoms with Crippen LogP contribution < -0.4 is 11.1 Å². The molecule has 1 saturated heterocycles. The van der Waals surface area contributed by atoms with E-state index in [1.54, 1.807) is 0 Å². The molecular weight excluding hydrogens is 168 g/mol. The Balaban J connectivity index is 2.09. The van der Waals surface area contributed by atoms with Crippen LogP contribution in [-0.2, 0) is 9.53 Å². The van der Waals surface area contributed by atoms with E-state index in [1.165, 1.54) is 0 Å². The summed E-state index contributed by atoms with van der Waals surface area (Å²) in [5, 5.41) is 3.23. The van der Waals surface area contributed by atoms with E-state index >= 15 is 0 Å². The van der Waals surface area contributed by atoms with Crippen molar-refractivity contribution < 1.29 is 9.53 Å². The second kappa shape index (κ2) is 5.19. The van der Waals surface area contributed by atoms with E-state index in [0.717, 1.165) is 19.4 Å². The molecule has 3 N–H and O–H groups in total. The maximum atomic E-state index is 10.5. The SMILES string of the molecule is CC(NCCC(N)=O)C1CCCO1. The number of carbonyl (C=O) groups is 1. The van der Waals surface area contributed by atoms with Crippen molar-refractivity contribution in [3.63, 3.8) is 0 Å². The molecule has 0 radical (unpaired) electrons. The van der Waals surface area contributed by atoms with Crippen molar-refractivity contribution in [1.29, 1.82) is 0 Å². The average molecular weight is 186 g/mol. The Kier molecular flexibility index (Phi) is 4.18. The molecule has 1 aliphatic rings. The van der Waals surface area contributed by atoms with Crippen molar-refractivity contribution in [3.05, 3.63) is 0 Å². The molecule has 0 aromatic carbocycles. The summed E-state index contributed by atoms with van der Waals surface area (Å²) >= 11 is 0. The van der Waals surface area contributed by atoms with E-state index in [9.17, 15) is 4.79 Å². The Morgan fingerprint density at radius 2 is 2.54 bits per heavy atom. The molecule has 1 fully saturated rings. The predicted octanol–water partition coefficient (Wildman–Crippen LogP) is 0.0189. The minimum absolute atomic E-state index is 0.257. The van der Waals surface area contributed by atoms with Crippen LogP contribution in [0.2, 0.25) is 0 Å². The molecule has 0 saturated carbocycles. The lowest BCUT2D eigenvalue weighted by Crippen LogP contribution is -2.38. The molecule has 0 bridgehead atoms. The Morgan fingerprint density at radius 3 is 3.08 bits per heavy atom. The molecule has 2 atom stereocenters. The molecule has 1 amide bonds. The Hall–Kier alpha value is -0.610. The second-order valence-electron chi connectivity index (χ2n) is 3.51. The van der Waals surface area contributed by atoms with Crippen LogP contribution >= 0.6 is 0 Å². The van der Waals surface area contributed by atoms with Crippen molar-refractivity contribution in [2.24, 2.45) is 5.73 Å². The summed E-state index contributed by atoms with van der Waals surface area (Å²) in [4.78, 5) is 10.5. The van der Waals surface area contributed by atoms with Crippen molar-refractivity contribution in [1.82, 2.24) is 5.32 Å². The van der Waals surface area contributed by atoms with Crippen LogP contribution in [-0.4, -0.2) is 31.2 Å². The molecule has 1 rings (SSSR count). The Bertz CT molecular complexity index is 167. The number of nitrogens with two attached hydrogens (primary N) is 1. The fourth-order valence-corrected chi connectivity index (χ4v) is 1.55. The highest BCUT2D eigenvalue weighted by Crippen LogP contribution is 2.15. The summed E-state index contributed by atoms with van der Waals surface area (Å²) in [7, 11) is 0. The van der Waals surface area contributed by atoms with Gasteiger partial charge in [0.2, 0.25) is 5.91 Å². The van der Waals surface area contributed by atoms with Crippen molar-refractivity contribution in [3.8, 4) is 0 Å². The molecular formula is C9H18N2O2. The van der Waals surface area contributed by atoms with Crippen LogP contribution in [0, 0.1) is 0 Å². The van der Waals surface area contributed by atoms with Gasteiger partial charge < -0.3 is 15.8 Å². The first-order valence-electron chi connectivity index (χ1n) is 4.83. The van der Waals surface area contributed by atoms with Gasteiger partial charge in [0.05, 0.1) is 6.10 Å². The van der Waals surface area contributed by atoms with Gasteiger partial charge in [-0.2, -0.15) is 0 Å². The summed E-state index contributed by atoms with van der Waals surface area (Å²) in [5.41, 5.74) is 5.02. The number of amides is 1. The Labute approximate surface area is 78.8 Å². The van der Waals surface area contributed by atoms with Gasteiger partial charge in [-0.25, -0.2) is 0 Å². The largest absolute Gasteiger partial charge is 0.377 e. The van der Waals surface area contributed by atoms with Crippen LogP contribution in [0.3, 0.4) is 0 Å². The number of rotatable bonds is 5. The molecule has 1 heterocycles. The van der Waals surface area contributed by atoms with Gasteiger partial charge in [-0.05, 0) is 19.8 Å². The topological polar surface area (TPSA) is 64.3 Å². The highest BCUT2D eigenvalue weighted by atomic mass is 16.5. The van der Waals surface area contributed by atoms with Crippen LogP contribution in [0.25, 0.3) is 0 Å². The van der Waals surface area contributed by atoms with Gasteiger partial charge in [0, 0.05) is 25.6 Å². The molecule has 76 valence electrons. The first-order valence-corrected chi connectivity index (χ1v) is 4.83. The molecule has 0 spiro atoms. The molecule has 0 aromatic heterocycles. The van der Waals surface area contributed by atoms with E-state index in [-0.39, 0.29) is 5.91 Å². The molecule has 0 aliphatic carbocycles. The monoisotopic (exact) mass is 186 g/mol. The molecule has 13 heavy (non-hydrogen) atoms. The quantitative estimate of drug-likeness (QED) is 0.636. The number of hydrogen-bond acceptors (Lipinski definition) is 3. The molecule has 0 aromatic rings.